The molecule has 1 saturated heterocycles. The third-order valence-electron chi connectivity index (χ3n) is 3.65. The van der Waals surface area contributed by atoms with Crippen LogP contribution in [0.5, 0.6) is 0 Å². The zero-order valence-corrected chi connectivity index (χ0v) is 11.9. The number of likely N-dealkylation sites (N-methyl/N-ethyl adjacent to an activating group) is 1. The minimum atomic E-state index is 0.598. The van der Waals surface area contributed by atoms with Crippen molar-refractivity contribution in [1.29, 1.82) is 0 Å². The fraction of sp³-hybridized carbons (Fsp3) is 0.786. The van der Waals surface area contributed by atoms with E-state index < -0.39 is 0 Å². The summed E-state index contributed by atoms with van der Waals surface area (Å²) in [6, 6.07) is 0.598. The second-order valence-corrected chi connectivity index (χ2v) is 5.16. The molecule has 0 amide bonds. The Morgan fingerprint density at radius 3 is 2.94 bits per heavy atom. The van der Waals surface area contributed by atoms with Gasteiger partial charge in [0.05, 0.1) is 5.69 Å². The Morgan fingerprint density at radius 2 is 2.33 bits per heavy atom. The maximum atomic E-state index is 4.74. The number of rotatable bonds is 5. The smallest absolute Gasteiger partial charge is 0.205 e. The maximum Gasteiger partial charge on any atom is 0.205 e. The summed E-state index contributed by atoms with van der Waals surface area (Å²) < 4.78 is 2.31. The number of nitrogens with one attached hydrogen (secondary N) is 1. The van der Waals surface area contributed by atoms with Crippen molar-refractivity contribution in [2.75, 3.05) is 24.5 Å². The number of piperidine rings is 1. The fourth-order valence-corrected chi connectivity index (χ4v) is 2.83. The van der Waals surface area contributed by atoms with Crippen LogP contribution in [0.1, 0.15) is 38.8 Å². The van der Waals surface area contributed by atoms with E-state index in [4.69, 9.17) is 4.98 Å². The van der Waals surface area contributed by atoms with Crippen molar-refractivity contribution in [3.63, 3.8) is 0 Å². The van der Waals surface area contributed by atoms with Gasteiger partial charge in [0.25, 0.3) is 0 Å². The van der Waals surface area contributed by atoms with E-state index in [9.17, 15) is 0 Å². The molecule has 1 unspecified atom stereocenters. The topological polar surface area (TPSA) is 33.1 Å². The molecule has 0 radical (unpaired) electrons. The molecule has 102 valence electrons. The van der Waals surface area contributed by atoms with E-state index in [0.29, 0.717) is 6.04 Å². The van der Waals surface area contributed by atoms with Gasteiger partial charge < -0.3 is 14.8 Å². The SMILES string of the molecule is CCCn1cc(C)nc1N(CC)C1CCCNC1. The molecule has 0 aliphatic carbocycles. The van der Waals surface area contributed by atoms with Crippen molar-refractivity contribution in [2.24, 2.45) is 0 Å². The lowest BCUT2D eigenvalue weighted by atomic mass is 10.1. The molecular formula is C14H26N4. The molecule has 4 nitrogen and oxygen atoms in total. The van der Waals surface area contributed by atoms with Gasteiger partial charge in [-0.2, -0.15) is 0 Å². The van der Waals surface area contributed by atoms with Gasteiger partial charge in [0.1, 0.15) is 0 Å². The Labute approximate surface area is 110 Å². The molecule has 1 aromatic heterocycles. The minimum absolute atomic E-state index is 0.598. The molecule has 4 heteroatoms. The molecule has 1 aliphatic heterocycles. The van der Waals surface area contributed by atoms with Crippen molar-refractivity contribution in [2.45, 2.75) is 52.6 Å². The average Bonchev–Trinajstić information content (AvgIpc) is 2.73. The van der Waals surface area contributed by atoms with Crippen LogP contribution in [0.2, 0.25) is 0 Å². The van der Waals surface area contributed by atoms with Gasteiger partial charge in [0, 0.05) is 31.9 Å². The predicted octanol–water partition coefficient (Wildman–Crippen LogP) is 2.18. The molecule has 2 heterocycles. The van der Waals surface area contributed by atoms with E-state index in [1.54, 1.807) is 0 Å². The van der Waals surface area contributed by atoms with Crippen LogP contribution >= 0.6 is 0 Å². The van der Waals surface area contributed by atoms with Gasteiger partial charge in [0.15, 0.2) is 0 Å². The molecule has 2 rings (SSSR count). The van der Waals surface area contributed by atoms with E-state index in [0.717, 1.165) is 44.2 Å². The predicted molar refractivity (Wildman–Crippen MR) is 76.2 cm³/mol. The van der Waals surface area contributed by atoms with Crippen molar-refractivity contribution in [1.82, 2.24) is 14.9 Å². The lowest BCUT2D eigenvalue weighted by Gasteiger charge is -2.35. The average molecular weight is 250 g/mol. The molecule has 1 N–H and O–H groups in total. The summed E-state index contributed by atoms with van der Waals surface area (Å²) in [5, 5.41) is 3.50. The first-order chi connectivity index (χ1) is 8.76. The van der Waals surface area contributed by atoms with Crippen LogP contribution in [0, 0.1) is 6.92 Å². The molecular weight excluding hydrogens is 224 g/mol. The minimum Gasteiger partial charge on any atom is -0.338 e. The Bertz CT molecular complexity index is 366. The van der Waals surface area contributed by atoms with Crippen LogP contribution in [-0.4, -0.2) is 35.2 Å². The summed E-state index contributed by atoms with van der Waals surface area (Å²) in [5.41, 5.74) is 1.13. The van der Waals surface area contributed by atoms with E-state index in [2.05, 4.69) is 41.8 Å². The Morgan fingerprint density at radius 1 is 1.50 bits per heavy atom. The number of hydrogen-bond donors (Lipinski definition) is 1. The van der Waals surface area contributed by atoms with E-state index in [-0.39, 0.29) is 0 Å². The maximum absolute atomic E-state index is 4.74. The van der Waals surface area contributed by atoms with Crippen LogP contribution < -0.4 is 10.2 Å². The Hall–Kier alpha value is -1.03. The highest BCUT2D eigenvalue weighted by Crippen LogP contribution is 2.20. The van der Waals surface area contributed by atoms with Crippen LogP contribution in [0.15, 0.2) is 6.20 Å². The molecule has 0 saturated carbocycles. The highest BCUT2D eigenvalue weighted by molar-refractivity contribution is 5.35. The van der Waals surface area contributed by atoms with Gasteiger partial charge in [-0.25, -0.2) is 4.98 Å². The summed E-state index contributed by atoms with van der Waals surface area (Å²) in [6.45, 7) is 10.9. The van der Waals surface area contributed by atoms with Gasteiger partial charge in [-0.05, 0) is 39.7 Å². The number of aromatic nitrogens is 2. The van der Waals surface area contributed by atoms with Crippen LogP contribution in [0.4, 0.5) is 5.95 Å². The zero-order chi connectivity index (χ0) is 13.0. The summed E-state index contributed by atoms with van der Waals surface area (Å²) in [5.74, 6) is 1.16. The highest BCUT2D eigenvalue weighted by Gasteiger charge is 2.23. The summed E-state index contributed by atoms with van der Waals surface area (Å²) in [7, 11) is 0. The van der Waals surface area contributed by atoms with Crippen molar-refractivity contribution in [3.8, 4) is 0 Å². The monoisotopic (exact) mass is 250 g/mol. The number of anilines is 1. The second-order valence-electron chi connectivity index (χ2n) is 5.16. The number of imidazole rings is 1. The van der Waals surface area contributed by atoms with E-state index in [1.165, 1.54) is 12.8 Å². The second kappa shape index (κ2) is 6.23. The van der Waals surface area contributed by atoms with Crippen LogP contribution in [0.25, 0.3) is 0 Å². The van der Waals surface area contributed by atoms with E-state index >= 15 is 0 Å². The largest absolute Gasteiger partial charge is 0.338 e. The van der Waals surface area contributed by atoms with Gasteiger partial charge in [0.2, 0.25) is 5.95 Å². The number of nitrogens with zero attached hydrogens (tertiary/aromatic N) is 3. The Kier molecular flexibility index (Phi) is 4.64. The summed E-state index contributed by atoms with van der Waals surface area (Å²) in [6.07, 6.45) is 5.88. The lowest BCUT2D eigenvalue weighted by molar-refractivity contribution is 0.427. The first-order valence-corrected chi connectivity index (χ1v) is 7.27. The van der Waals surface area contributed by atoms with Crippen molar-refractivity contribution >= 4 is 5.95 Å². The summed E-state index contributed by atoms with van der Waals surface area (Å²) >= 11 is 0. The zero-order valence-electron chi connectivity index (χ0n) is 11.9. The number of hydrogen-bond acceptors (Lipinski definition) is 3. The van der Waals surface area contributed by atoms with Crippen LogP contribution in [0.3, 0.4) is 0 Å². The molecule has 18 heavy (non-hydrogen) atoms. The molecule has 1 atom stereocenters. The quantitative estimate of drug-likeness (QED) is 0.869. The normalized spacial score (nSPS) is 20.1. The van der Waals surface area contributed by atoms with E-state index in [1.807, 2.05) is 0 Å². The fourth-order valence-electron chi connectivity index (χ4n) is 2.83. The Balaban J connectivity index is 2.19. The third kappa shape index (κ3) is 2.86. The summed E-state index contributed by atoms with van der Waals surface area (Å²) in [4.78, 5) is 7.20. The third-order valence-corrected chi connectivity index (χ3v) is 3.65. The van der Waals surface area contributed by atoms with Crippen molar-refractivity contribution in [3.05, 3.63) is 11.9 Å². The molecule has 1 aromatic rings. The van der Waals surface area contributed by atoms with Gasteiger partial charge in [-0.15, -0.1) is 0 Å². The van der Waals surface area contributed by atoms with Gasteiger partial charge >= 0.3 is 0 Å². The van der Waals surface area contributed by atoms with Crippen molar-refractivity contribution < 1.29 is 0 Å². The van der Waals surface area contributed by atoms with Crippen LogP contribution in [-0.2, 0) is 6.54 Å². The number of aryl methyl sites for hydroxylation is 2. The first-order valence-electron chi connectivity index (χ1n) is 7.27. The molecule has 0 aromatic carbocycles. The highest BCUT2D eigenvalue weighted by atomic mass is 15.3. The molecule has 0 bridgehead atoms. The standard InChI is InChI=1S/C14H26N4/c1-4-9-17-11-12(3)16-14(17)18(5-2)13-7-6-8-15-10-13/h11,13,15H,4-10H2,1-3H3. The lowest BCUT2D eigenvalue weighted by Crippen LogP contribution is -2.47. The molecule has 0 spiro atoms. The van der Waals surface area contributed by atoms with Gasteiger partial charge in [-0.1, -0.05) is 6.92 Å². The molecule has 1 fully saturated rings. The molecule has 1 aliphatic rings. The first kappa shape index (κ1) is 13.4. The van der Waals surface area contributed by atoms with Gasteiger partial charge in [-0.3, -0.25) is 0 Å².